The fourth-order valence-corrected chi connectivity index (χ4v) is 5.19. The van der Waals surface area contributed by atoms with Crippen molar-refractivity contribution in [3.8, 4) is 11.5 Å². The summed E-state index contributed by atoms with van der Waals surface area (Å²) >= 11 is 10.0. The molecule has 3 aromatic rings. The van der Waals surface area contributed by atoms with E-state index in [-0.39, 0.29) is 34.4 Å². The van der Waals surface area contributed by atoms with Crippen molar-refractivity contribution < 1.29 is 33.3 Å². The summed E-state index contributed by atoms with van der Waals surface area (Å²) in [7, 11) is -1.35. The van der Waals surface area contributed by atoms with Gasteiger partial charge in [0.15, 0.2) is 5.82 Å². The van der Waals surface area contributed by atoms with Crippen molar-refractivity contribution in [1.82, 2.24) is 24.1 Å². The lowest BCUT2D eigenvalue weighted by Crippen LogP contribution is -2.45. The molecule has 254 valence electrons. The third-order valence-corrected chi connectivity index (χ3v) is 8.65. The minimum Gasteiger partial charge on any atom is -0.443 e. The molecule has 13 nitrogen and oxygen atoms in total. The number of aromatic nitrogens is 5. The van der Waals surface area contributed by atoms with E-state index in [2.05, 4.69) is 50.5 Å². The van der Waals surface area contributed by atoms with Crippen molar-refractivity contribution in [2.75, 3.05) is 11.5 Å². The molecule has 3 aromatic heterocycles. The second kappa shape index (κ2) is 13.6. The van der Waals surface area contributed by atoms with Crippen LogP contribution in [0.25, 0.3) is 22.6 Å². The Morgan fingerprint density at radius 3 is 1.96 bits per heavy atom. The summed E-state index contributed by atoms with van der Waals surface area (Å²) in [5.74, 6) is -0.145. The minimum absolute atomic E-state index is 0.0664. The Labute approximate surface area is 284 Å². The summed E-state index contributed by atoms with van der Waals surface area (Å²) in [5, 5.41) is 0.262. The van der Waals surface area contributed by atoms with Crippen LogP contribution in [0.3, 0.4) is 0 Å². The largest absolute Gasteiger partial charge is 0.443 e. The van der Waals surface area contributed by atoms with Gasteiger partial charge in [0.1, 0.15) is 44.5 Å². The van der Waals surface area contributed by atoms with Crippen molar-refractivity contribution in [1.29, 1.82) is 0 Å². The molecule has 2 amide bonds. The van der Waals surface area contributed by atoms with Crippen LogP contribution in [0.2, 0.25) is 30.8 Å². The molecule has 0 atom stereocenters. The molecular weight excluding hydrogens is 700 g/mol. The number of halogens is 2. The fourth-order valence-electron chi connectivity index (χ4n) is 3.88. The predicted molar refractivity (Wildman–Crippen MR) is 182 cm³/mol. The second-order valence-corrected chi connectivity index (χ2v) is 21.6. The third-order valence-electron chi connectivity index (χ3n) is 5.78. The molecule has 3 rings (SSSR count). The molecular formula is C30H44BrClN6O7Si. The summed E-state index contributed by atoms with van der Waals surface area (Å²) < 4.78 is 25.8. The Morgan fingerprint density at radius 2 is 1.46 bits per heavy atom. The molecule has 0 aliphatic heterocycles. The van der Waals surface area contributed by atoms with Gasteiger partial charge in [0.2, 0.25) is 5.95 Å². The SMILES string of the molecule is CC(C)(C)OC(=O)N(C(=O)OC(C)(C)C)c1nc2c(-c3nc(Br)c(Cl)n3COCC[Si](C)(C)C)nccc2n1C(=O)OC(C)(C)C. The van der Waals surface area contributed by atoms with E-state index in [1.807, 2.05) is 0 Å². The Bertz CT molecular complexity index is 1590. The molecule has 0 N–H and O–H groups in total. The average Bonchev–Trinajstić information content (AvgIpc) is 3.35. The first kappa shape index (κ1) is 37.4. The summed E-state index contributed by atoms with van der Waals surface area (Å²) in [4.78, 5) is 55.3. The van der Waals surface area contributed by atoms with Gasteiger partial charge in [-0.15, -0.1) is 4.90 Å². The number of amides is 2. The van der Waals surface area contributed by atoms with E-state index in [0.29, 0.717) is 16.1 Å². The highest BCUT2D eigenvalue weighted by atomic mass is 79.9. The van der Waals surface area contributed by atoms with Gasteiger partial charge in [0, 0.05) is 20.9 Å². The molecule has 0 saturated carbocycles. The van der Waals surface area contributed by atoms with E-state index in [4.69, 9.17) is 30.5 Å². The maximum atomic E-state index is 13.8. The highest BCUT2D eigenvalue weighted by molar-refractivity contribution is 9.10. The number of hydrogen-bond donors (Lipinski definition) is 0. The molecule has 0 spiro atoms. The van der Waals surface area contributed by atoms with E-state index in [1.54, 1.807) is 66.9 Å². The lowest BCUT2D eigenvalue weighted by atomic mass is 10.2. The molecule has 0 radical (unpaired) electrons. The highest BCUT2D eigenvalue weighted by Gasteiger charge is 2.39. The van der Waals surface area contributed by atoms with Crippen LogP contribution in [-0.2, 0) is 25.7 Å². The van der Waals surface area contributed by atoms with Gasteiger partial charge in [0.25, 0.3) is 0 Å². The molecule has 3 heterocycles. The number of pyridine rings is 1. The van der Waals surface area contributed by atoms with E-state index in [9.17, 15) is 14.4 Å². The Balaban J connectivity index is 2.31. The van der Waals surface area contributed by atoms with Crippen LogP contribution < -0.4 is 4.90 Å². The van der Waals surface area contributed by atoms with Crippen LogP contribution in [0.1, 0.15) is 62.3 Å². The quantitative estimate of drug-likeness (QED) is 0.131. The number of rotatable bonds is 7. The van der Waals surface area contributed by atoms with Gasteiger partial charge in [-0.3, -0.25) is 9.55 Å². The number of carbonyl (C=O) groups is 3. The summed E-state index contributed by atoms with van der Waals surface area (Å²) in [5.41, 5.74) is -2.45. The summed E-state index contributed by atoms with van der Waals surface area (Å²) in [6.07, 6.45) is -1.68. The molecule has 0 aromatic carbocycles. The number of carbonyl (C=O) groups excluding carboxylic acids is 3. The van der Waals surface area contributed by atoms with Crippen molar-refractivity contribution in [3.63, 3.8) is 0 Å². The lowest BCUT2D eigenvalue weighted by molar-refractivity contribution is 0.0424. The van der Waals surface area contributed by atoms with Gasteiger partial charge in [-0.05, 0) is 90.4 Å². The zero-order chi connectivity index (χ0) is 35.0. The molecule has 0 aliphatic rings. The van der Waals surface area contributed by atoms with E-state index >= 15 is 0 Å². The number of imide groups is 1. The van der Waals surface area contributed by atoms with Gasteiger partial charge < -0.3 is 18.9 Å². The fraction of sp³-hybridized carbons (Fsp3) is 0.600. The van der Waals surface area contributed by atoms with Gasteiger partial charge in [-0.25, -0.2) is 28.9 Å². The Kier molecular flexibility index (Phi) is 11.1. The second-order valence-electron chi connectivity index (χ2n) is 14.8. The number of imidazole rings is 2. The Hall–Kier alpha value is -3.01. The number of anilines is 1. The van der Waals surface area contributed by atoms with Gasteiger partial charge >= 0.3 is 18.3 Å². The Morgan fingerprint density at radius 1 is 0.913 bits per heavy atom. The van der Waals surface area contributed by atoms with E-state index in [1.165, 1.54) is 12.3 Å². The van der Waals surface area contributed by atoms with Crippen LogP contribution in [0.5, 0.6) is 0 Å². The normalized spacial score (nSPS) is 12.7. The average molecular weight is 744 g/mol. The molecule has 46 heavy (non-hydrogen) atoms. The molecule has 0 saturated heterocycles. The monoisotopic (exact) mass is 742 g/mol. The van der Waals surface area contributed by atoms with Gasteiger partial charge in [0.05, 0.1) is 5.52 Å². The van der Waals surface area contributed by atoms with Crippen LogP contribution in [0.15, 0.2) is 16.9 Å². The van der Waals surface area contributed by atoms with Crippen LogP contribution in [0, 0.1) is 0 Å². The lowest BCUT2D eigenvalue weighted by Gasteiger charge is -2.28. The maximum Gasteiger partial charge on any atom is 0.427 e. The first-order valence-electron chi connectivity index (χ1n) is 14.7. The zero-order valence-corrected chi connectivity index (χ0v) is 31.9. The van der Waals surface area contributed by atoms with Crippen molar-refractivity contribution in [3.05, 3.63) is 22.0 Å². The number of nitrogens with zero attached hydrogens (tertiary/aromatic N) is 6. The first-order valence-corrected chi connectivity index (χ1v) is 19.6. The third kappa shape index (κ3) is 9.75. The molecule has 16 heteroatoms. The van der Waals surface area contributed by atoms with Crippen LogP contribution >= 0.6 is 27.5 Å². The maximum absolute atomic E-state index is 13.8. The van der Waals surface area contributed by atoms with E-state index in [0.717, 1.165) is 10.6 Å². The topological polar surface area (TPSA) is 140 Å². The van der Waals surface area contributed by atoms with Crippen molar-refractivity contribution in [2.45, 2.75) is 112 Å². The van der Waals surface area contributed by atoms with E-state index < -0.39 is 49.1 Å². The molecule has 0 bridgehead atoms. The van der Waals surface area contributed by atoms with Crippen LogP contribution in [-0.4, -0.2) is 73.8 Å². The van der Waals surface area contributed by atoms with Crippen LogP contribution in [0.4, 0.5) is 20.3 Å². The molecule has 0 unspecified atom stereocenters. The number of hydrogen-bond acceptors (Lipinski definition) is 10. The number of ether oxygens (including phenoxy) is 4. The number of fused-ring (bicyclic) bond motifs is 1. The summed E-state index contributed by atoms with van der Waals surface area (Å²) in [6, 6.07) is 2.45. The smallest absolute Gasteiger partial charge is 0.427 e. The standard InChI is InChI=1S/C30H44BrClN6O7Si/c1-28(2,3)43-25(39)37-18-13-14-33-20(23-35-21(31)22(32)36(23)17-42-15-16-46(10,11)12)19(18)34-24(37)38(26(40)44-29(4,5)6)27(41)45-30(7,8)9/h13-14H,15-17H2,1-12H3. The first-order chi connectivity index (χ1) is 20.9. The zero-order valence-electron chi connectivity index (χ0n) is 28.6. The summed E-state index contributed by atoms with van der Waals surface area (Å²) in [6.45, 7) is 22.3. The minimum atomic E-state index is -1.35. The highest BCUT2D eigenvalue weighted by Crippen LogP contribution is 2.35. The molecule has 0 aliphatic carbocycles. The van der Waals surface area contributed by atoms with Crippen molar-refractivity contribution in [2.24, 2.45) is 0 Å². The van der Waals surface area contributed by atoms with Gasteiger partial charge in [-0.2, -0.15) is 0 Å². The van der Waals surface area contributed by atoms with Gasteiger partial charge in [-0.1, -0.05) is 31.2 Å². The predicted octanol–water partition coefficient (Wildman–Crippen LogP) is 8.48. The molecule has 0 fully saturated rings. The van der Waals surface area contributed by atoms with Crippen molar-refractivity contribution >= 4 is 70.9 Å².